The Morgan fingerprint density at radius 1 is 1.23 bits per heavy atom. The fourth-order valence-electron chi connectivity index (χ4n) is 2.37. The second-order valence-electron chi connectivity index (χ2n) is 5.81. The highest BCUT2D eigenvalue weighted by molar-refractivity contribution is 5.89. The number of carbonyl (C=O) groups excluding carboxylic acids is 1. The zero-order valence-electron chi connectivity index (χ0n) is 14.9. The third-order valence-electron chi connectivity index (χ3n) is 3.98. The SMILES string of the molecule is COC(=O)c1cc([N+](=O)[O-])c(=O)n(CCCOc2ccc(C)c(C)c2)c1. The number of hydrogen-bond acceptors (Lipinski definition) is 6. The molecule has 0 N–H and O–H groups in total. The van der Waals surface area contributed by atoms with Crippen molar-refractivity contribution in [2.24, 2.45) is 0 Å². The lowest BCUT2D eigenvalue weighted by Crippen LogP contribution is -2.25. The van der Waals surface area contributed by atoms with E-state index in [9.17, 15) is 19.7 Å². The topological polar surface area (TPSA) is 101 Å². The number of rotatable bonds is 7. The highest BCUT2D eigenvalue weighted by atomic mass is 16.6. The number of nitrogens with zero attached hydrogens (tertiary/aromatic N) is 2. The molecule has 0 unspecified atom stereocenters. The van der Waals surface area contributed by atoms with Gasteiger partial charge in [0, 0.05) is 18.8 Å². The molecule has 0 aliphatic carbocycles. The average Bonchev–Trinajstić information content (AvgIpc) is 2.61. The fourth-order valence-corrected chi connectivity index (χ4v) is 2.37. The van der Waals surface area contributed by atoms with Crippen molar-refractivity contribution in [3.8, 4) is 5.75 Å². The molecule has 1 heterocycles. The van der Waals surface area contributed by atoms with Gasteiger partial charge in [0.2, 0.25) is 0 Å². The summed E-state index contributed by atoms with van der Waals surface area (Å²) in [5.74, 6) is -0.0250. The fraction of sp³-hybridized carbons (Fsp3) is 0.333. The Balaban J connectivity index is 2.09. The molecule has 138 valence electrons. The second-order valence-corrected chi connectivity index (χ2v) is 5.81. The van der Waals surface area contributed by atoms with E-state index in [1.165, 1.54) is 13.3 Å². The maximum absolute atomic E-state index is 12.1. The van der Waals surface area contributed by atoms with Crippen LogP contribution in [0.25, 0.3) is 0 Å². The summed E-state index contributed by atoms with van der Waals surface area (Å²) in [6, 6.07) is 6.66. The highest BCUT2D eigenvalue weighted by Crippen LogP contribution is 2.16. The summed E-state index contributed by atoms with van der Waals surface area (Å²) in [6.07, 6.45) is 1.70. The van der Waals surface area contributed by atoms with Crippen molar-refractivity contribution in [1.29, 1.82) is 0 Å². The molecule has 2 aromatic rings. The summed E-state index contributed by atoms with van der Waals surface area (Å²) in [5, 5.41) is 11.0. The smallest absolute Gasteiger partial charge is 0.339 e. The standard InChI is InChI=1S/C18H20N2O6/c1-12-5-6-15(9-13(12)2)26-8-4-7-19-11-14(18(22)25-3)10-16(17(19)21)20(23)24/h5-6,9-11H,4,7-8H2,1-3H3. The summed E-state index contributed by atoms with van der Waals surface area (Å²) in [5.41, 5.74) is 0.793. The molecule has 0 fully saturated rings. The van der Waals surface area contributed by atoms with Crippen molar-refractivity contribution in [2.45, 2.75) is 26.8 Å². The van der Waals surface area contributed by atoms with Gasteiger partial charge in [-0.15, -0.1) is 0 Å². The first-order chi connectivity index (χ1) is 12.3. The average molecular weight is 360 g/mol. The zero-order chi connectivity index (χ0) is 19.3. The Hall–Kier alpha value is -3.16. The van der Waals surface area contributed by atoms with Crippen LogP contribution in [0.4, 0.5) is 5.69 Å². The van der Waals surface area contributed by atoms with Gasteiger partial charge in [0.25, 0.3) is 0 Å². The van der Waals surface area contributed by atoms with E-state index in [-0.39, 0.29) is 12.1 Å². The lowest BCUT2D eigenvalue weighted by Gasteiger charge is -2.10. The number of pyridine rings is 1. The largest absolute Gasteiger partial charge is 0.494 e. The summed E-state index contributed by atoms with van der Waals surface area (Å²) < 4.78 is 11.3. The van der Waals surface area contributed by atoms with E-state index in [0.29, 0.717) is 13.0 Å². The van der Waals surface area contributed by atoms with E-state index in [2.05, 4.69) is 4.74 Å². The number of ether oxygens (including phenoxy) is 2. The molecule has 0 saturated carbocycles. The van der Waals surface area contributed by atoms with E-state index in [0.717, 1.165) is 27.5 Å². The van der Waals surface area contributed by atoms with E-state index in [1.807, 2.05) is 32.0 Å². The predicted molar refractivity (Wildman–Crippen MR) is 94.7 cm³/mol. The molecule has 0 amide bonds. The third kappa shape index (κ3) is 4.47. The van der Waals surface area contributed by atoms with Gasteiger partial charge >= 0.3 is 17.2 Å². The molecular formula is C18H20N2O6. The predicted octanol–water partition coefficient (Wildman–Crippen LogP) is 2.63. The molecule has 0 radical (unpaired) electrons. The molecule has 0 saturated heterocycles. The molecule has 0 aliphatic rings. The second kappa shape index (κ2) is 8.28. The molecule has 8 heteroatoms. The molecule has 8 nitrogen and oxygen atoms in total. The summed E-state index contributed by atoms with van der Waals surface area (Å²) >= 11 is 0. The van der Waals surface area contributed by atoms with Crippen LogP contribution in [0.2, 0.25) is 0 Å². The number of aryl methyl sites for hydroxylation is 3. The first-order valence-electron chi connectivity index (χ1n) is 8.00. The zero-order valence-corrected chi connectivity index (χ0v) is 14.9. The molecule has 0 atom stereocenters. The van der Waals surface area contributed by atoms with Crippen molar-refractivity contribution < 1.29 is 19.2 Å². The molecule has 1 aromatic heterocycles. The molecule has 0 spiro atoms. The van der Waals surface area contributed by atoms with Gasteiger partial charge in [0.05, 0.1) is 24.2 Å². The van der Waals surface area contributed by atoms with E-state index < -0.39 is 22.1 Å². The minimum absolute atomic E-state index is 0.0473. The van der Waals surface area contributed by atoms with E-state index >= 15 is 0 Å². The van der Waals surface area contributed by atoms with Gasteiger partial charge in [-0.1, -0.05) is 6.07 Å². The van der Waals surface area contributed by atoms with Crippen LogP contribution < -0.4 is 10.3 Å². The van der Waals surface area contributed by atoms with Crippen LogP contribution in [-0.4, -0.2) is 29.2 Å². The number of benzene rings is 1. The molecule has 26 heavy (non-hydrogen) atoms. The summed E-state index contributed by atoms with van der Waals surface area (Å²) in [6.45, 7) is 4.49. The van der Waals surface area contributed by atoms with Crippen molar-refractivity contribution in [3.63, 3.8) is 0 Å². The van der Waals surface area contributed by atoms with E-state index in [1.54, 1.807) is 0 Å². The van der Waals surface area contributed by atoms with Gasteiger partial charge in [-0.3, -0.25) is 14.9 Å². The van der Waals surface area contributed by atoms with Gasteiger partial charge in [-0.05, 0) is 43.5 Å². The third-order valence-corrected chi connectivity index (χ3v) is 3.98. The monoisotopic (exact) mass is 360 g/mol. The van der Waals surface area contributed by atoms with Crippen LogP contribution in [0.3, 0.4) is 0 Å². The van der Waals surface area contributed by atoms with Gasteiger partial charge < -0.3 is 14.0 Å². The first kappa shape index (κ1) is 19.2. The maximum atomic E-state index is 12.1. The number of carbonyl (C=O) groups is 1. The number of aromatic nitrogens is 1. The normalized spacial score (nSPS) is 10.4. The molecular weight excluding hydrogens is 340 g/mol. The lowest BCUT2D eigenvalue weighted by molar-refractivity contribution is -0.386. The first-order valence-corrected chi connectivity index (χ1v) is 8.00. The van der Waals surface area contributed by atoms with Crippen LogP contribution >= 0.6 is 0 Å². The van der Waals surface area contributed by atoms with Crippen molar-refractivity contribution in [1.82, 2.24) is 4.57 Å². The Kier molecular flexibility index (Phi) is 6.11. The number of methoxy groups -OCH3 is 1. The van der Waals surface area contributed by atoms with Crippen LogP contribution in [-0.2, 0) is 11.3 Å². The lowest BCUT2D eigenvalue weighted by atomic mass is 10.1. The van der Waals surface area contributed by atoms with Crippen LogP contribution in [0.5, 0.6) is 5.75 Å². The Bertz CT molecular complexity index is 888. The maximum Gasteiger partial charge on any atom is 0.339 e. The number of hydrogen-bond donors (Lipinski definition) is 0. The quantitative estimate of drug-likeness (QED) is 0.326. The van der Waals surface area contributed by atoms with Crippen LogP contribution in [0, 0.1) is 24.0 Å². The van der Waals surface area contributed by atoms with Crippen molar-refractivity contribution in [3.05, 3.63) is 67.6 Å². The number of esters is 1. The van der Waals surface area contributed by atoms with Crippen LogP contribution in [0.15, 0.2) is 35.3 Å². The molecule has 2 rings (SSSR count). The minimum atomic E-state index is -0.809. The summed E-state index contributed by atoms with van der Waals surface area (Å²) in [4.78, 5) is 34.0. The van der Waals surface area contributed by atoms with Gasteiger partial charge in [0.1, 0.15) is 5.75 Å². The molecule has 0 aliphatic heterocycles. The Morgan fingerprint density at radius 2 is 1.96 bits per heavy atom. The Labute approximate surface area is 150 Å². The molecule has 0 bridgehead atoms. The van der Waals surface area contributed by atoms with Crippen molar-refractivity contribution in [2.75, 3.05) is 13.7 Å². The highest BCUT2D eigenvalue weighted by Gasteiger charge is 2.20. The number of nitro groups is 1. The van der Waals surface area contributed by atoms with E-state index in [4.69, 9.17) is 4.74 Å². The van der Waals surface area contributed by atoms with Gasteiger partial charge in [-0.2, -0.15) is 0 Å². The molecule has 1 aromatic carbocycles. The van der Waals surface area contributed by atoms with Crippen LogP contribution in [0.1, 0.15) is 27.9 Å². The van der Waals surface area contributed by atoms with Gasteiger partial charge in [-0.25, -0.2) is 4.79 Å². The summed E-state index contributed by atoms with van der Waals surface area (Å²) in [7, 11) is 1.17. The Morgan fingerprint density at radius 3 is 2.58 bits per heavy atom. The van der Waals surface area contributed by atoms with Crippen molar-refractivity contribution >= 4 is 11.7 Å². The van der Waals surface area contributed by atoms with Gasteiger partial charge in [0.15, 0.2) is 0 Å². The minimum Gasteiger partial charge on any atom is -0.494 e.